The Kier molecular flexibility index (Phi) is 6.73. The Balaban J connectivity index is 2.23. The van der Waals surface area contributed by atoms with Crippen LogP contribution in [0.1, 0.15) is 36.9 Å². The van der Waals surface area contributed by atoms with Gasteiger partial charge >= 0.3 is 0 Å². The summed E-state index contributed by atoms with van der Waals surface area (Å²) in [6, 6.07) is 15.1. The summed E-state index contributed by atoms with van der Waals surface area (Å²) in [5, 5.41) is 2.79. The molecule has 1 unspecified atom stereocenters. The molecule has 134 valence electrons. The minimum absolute atomic E-state index is 0.0507. The number of sulfonamides is 1. The van der Waals surface area contributed by atoms with Crippen LogP contribution < -0.4 is 10.0 Å². The molecular formula is C19H24N2O3S. The van der Waals surface area contributed by atoms with Gasteiger partial charge in [0.15, 0.2) is 0 Å². The molecule has 5 nitrogen and oxygen atoms in total. The molecule has 2 aromatic carbocycles. The van der Waals surface area contributed by atoms with E-state index in [2.05, 4.69) is 10.0 Å². The number of aryl methyl sites for hydroxylation is 1. The first-order valence-corrected chi connectivity index (χ1v) is 9.81. The quantitative estimate of drug-likeness (QED) is 0.760. The second-order valence-corrected chi connectivity index (χ2v) is 7.67. The highest BCUT2D eigenvalue weighted by atomic mass is 32.2. The third kappa shape index (κ3) is 5.69. The third-order valence-electron chi connectivity index (χ3n) is 3.79. The Morgan fingerprint density at radius 1 is 1.04 bits per heavy atom. The summed E-state index contributed by atoms with van der Waals surface area (Å²) in [5.41, 5.74) is 1.74. The zero-order valence-corrected chi connectivity index (χ0v) is 15.3. The molecule has 6 heteroatoms. The lowest BCUT2D eigenvalue weighted by atomic mass is 10.0. The summed E-state index contributed by atoms with van der Waals surface area (Å²) in [5.74, 6) is -0.178. The van der Waals surface area contributed by atoms with Gasteiger partial charge in [-0.3, -0.25) is 4.79 Å². The van der Waals surface area contributed by atoms with E-state index >= 15 is 0 Å². The van der Waals surface area contributed by atoms with Gasteiger partial charge in [-0.1, -0.05) is 55.0 Å². The first-order chi connectivity index (χ1) is 11.9. The van der Waals surface area contributed by atoms with Crippen molar-refractivity contribution in [2.24, 2.45) is 0 Å². The monoisotopic (exact) mass is 360 g/mol. The minimum Gasteiger partial charge on any atom is -0.356 e. The van der Waals surface area contributed by atoms with Crippen LogP contribution >= 0.6 is 0 Å². The van der Waals surface area contributed by atoms with Crippen molar-refractivity contribution in [2.75, 3.05) is 6.54 Å². The van der Waals surface area contributed by atoms with Crippen LogP contribution in [0.15, 0.2) is 59.5 Å². The van der Waals surface area contributed by atoms with Crippen molar-refractivity contribution in [3.05, 3.63) is 65.7 Å². The van der Waals surface area contributed by atoms with E-state index in [1.54, 1.807) is 24.3 Å². The van der Waals surface area contributed by atoms with Crippen LogP contribution in [0.4, 0.5) is 0 Å². The fraction of sp³-hybridized carbons (Fsp3) is 0.316. The summed E-state index contributed by atoms with van der Waals surface area (Å²) in [4.78, 5) is 12.3. The molecule has 1 atom stereocenters. The molecule has 0 aliphatic rings. The summed E-state index contributed by atoms with van der Waals surface area (Å²) in [6.45, 7) is 4.44. The number of benzene rings is 2. The number of hydrogen-bond donors (Lipinski definition) is 2. The number of rotatable bonds is 8. The predicted octanol–water partition coefficient (Wildman–Crippen LogP) is 2.93. The van der Waals surface area contributed by atoms with E-state index in [0.717, 1.165) is 17.5 Å². The number of amides is 1. The average Bonchev–Trinajstić information content (AvgIpc) is 2.60. The minimum atomic E-state index is -3.72. The maximum atomic E-state index is 12.7. The van der Waals surface area contributed by atoms with Crippen molar-refractivity contribution in [3.63, 3.8) is 0 Å². The molecule has 0 aromatic heterocycles. The van der Waals surface area contributed by atoms with E-state index in [9.17, 15) is 13.2 Å². The van der Waals surface area contributed by atoms with Crippen LogP contribution in [0.5, 0.6) is 0 Å². The van der Waals surface area contributed by atoms with Crippen LogP contribution in [0.3, 0.4) is 0 Å². The number of hydrogen-bond acceptors (Lipinski definition) is 3. The van der Waals surface area contributed by atoms with E-state index in [1.165, 1.54) is 0 Å². The largest absolute Gasteiger partial charge is 0.356 e. The number of carbonyl (C=O) groups excluding carboxylic acids is 1. The highest BCUT2D eigenvalue weighted by Crippen LogP contribution is 2.20. The van der Waals surface area contributed by atoms with Crippen molar-refractivity contribution in [1.82, 2.24) is 10.0 Å². The highest BCUT2D eigenvalue weighted by Gasteiger charge is 2.23. The third-order valence-corrected chi connectivity index (χ3v) is 5.28. The lowest BCUT2D eigenvalue weighted by Gasteiger charge is -2.19. The molecule has 0 aliphatic carbocycles. The lowest BCUT2D eigenvalue weighted by molar-refractivity contribution is -0.121. The van der Waals surface area contributed by atoms with Crippen LogP contribution in [0, 0.1) is 6.92 Å². The maximum absolute atomic E-state index is 12.7. The smallest absolute Gasteiger partial charge is 0.241 e. The Hall–Kier alpha value is -2.18. The molecule has 25 heavy (non-hydrogen) atoms. The zero-order chi connectivity index (χ0) is 18.3. The fourth-order valence-electron chi connectivity index (χ4n) is 2.41. The summed E-state index contributed by atoms with van der Waals surface area (Å²) >= 11 is 0. The molecule has 0 saturated heterocycles. The molecule has 1 amide bonds. The molecule has 0 radical (unpaired) electrons. The topological polar surface area (TPSA) is 75.3 Å². The van der Waals surface area contributed by atoms with E-state index < -0.39 is 16.1 Å². The maximum Gasteiger partial charge on any atom is 0.241 e. The fourth-order valence-corrected chi connectivity index (χ4v) is 3.63. The van der Waals surface area contributed by atoms with Gasteiger partial charge < -0.3 is 5.32 Å². The first kappa shape index (κ1) is 19.1. The van der Waals surface area contributed by atoms with Crippen LogP contribution in [0.2, 0.25) is 0 Å². The van der Waals surface area contributed by atoms with Crippen LogP contribution in [-0.2, 0) is 14.8 Å². The summed E-state index contributed by atoms with van der Waals surface area (Å²) < 4.78 is 28.0. The molecular weight excluding hydrogens is 336 g/mol. The molecule has 0 bridgehead atoms. The van der Waals surface area contributed by atoms with Crippen LogP contribution in [-0.4, -0.2) is 20.9 Å². The van der Waals surface area contributed by atoms with Crippen molar-refractivity contribution in [2.45, 2.75) is 37.6 Å². The summed E-state index contributed by atoms with van der Waals surface area (Å²) in [7, 11) is -3.72. The Bertz CT molecular complexity index is 787. The molecule has 2 rings (SSSR count). The van der Waals surface area contributed by atoms with E-state index in [0.29, 0.717) is 6.54 Å². The SMILES string of the molecule is CCCNC(=O)CC(NS(=O)(=O)c1ccc(C)cc1)c1ccccc1. The van der Waals surface area contributed by atoms with Gasteiger partial charge in [0.05, 0.1) is 10.9 Å². The van der Waals surface area contributed by atoms with Gasteiger partial charge in [-0.2, -0.15) is 0 Å². The molecule has 0 spiro atoms. The molecule has 0 heterocycles. The zero-order valence-electron chi connectivity index (χ0n) is 14.5. The molecule has 0 saturated carbocycles. The van der Waals surface area contributed by atoms with Gasteiger partial charge in [0.2, 0.25) is 15.9 Å². The Morgan fingerprint density at radius 2 is 1.68 bits per heavy atom. The van der Waals surface area contributed by atoms with Crippen molar-refractivity contribution in [1.29, 1.82) is 0 Å². The van der Waals surface area contributed by atoms with Gasteiger partial charge in [0, 0.05) is 13.0 Å². The van der Waals surface area contributed by atoms with Crippen molar-refractivity contribution >= 4 is 15.9 Å². The normalized spacial score (nSPS) is 12.6. The number of carbonyl (C=O) groups is 1. The lowest BCUT2D eigenvalue weighted by Crippen LogP contribution is -2.34. The van der Waals surface area contributed by atoms with Gasteiger partial charge in [-0.15, -0.1) is 0 Å². The second-order valence-electron chi connectivity index (χ2n) is 5.95. The molecule has 2 N–H and O–H groups in total. The number of nitrogens with one attached hydrogen (secondary N) is 2. The molecule has 2 aromatic rings. The highest BCUT2D eigenvalue weighted by molar-refractivity contribution is 7.89. The van der Waals surface area contributed by atoms with Crippen LogP contribution in [0.25, 0.3) is 0 Å². The Morgan fingerprint density at radius 3 is 2.28 bits per heavy atom. The predicted molar refractivity (Wildman–Crippen MR) is 98.6 cm³/mol. The first-order valence-electron chi connectivity index (χ1n) is 8.33. The standard InChI is InChI=1S/C19H24N2O3S/c1-3-13-20-19(22)14-18(16-7-5-4-6-8-16)21-25(23,24)17-11-9-15(2)10-12-17/h4-12,18,21H,3,13-14H2,1-2H3,(H,20,22). The van der Waals surface area contributed by atoms with Gasteiger partial charge in [0.25, 0.3) is 0 Å². The summed E-state index contributed by atoms with van der Waals surface area (Å²) in [6.07, 6.45) is 0.881. The average molecular weight is 360 g/mol. The van der Waals surface area contributed by atoms with Gasteiger partial charge in [0.1, 0.15) is 0 Å². The van der Waals surface area contributed by atoms with Crippen molar-refractivity contribution in [3.8, 4) is 0 Å². The van der Waals surface area contributed by atoms with Crippen molar-refractivity contribution < 1.29 is 13.2 Å². The van der Waals surface area contributed by atoms with E-state index in [-0.39, 0.29) is 17.2 Å². The van der Waals surface area contributed by atoms with Gasteiger partial charge in [-0.05, 0) is 31.0 Å². The Labute approximate surface area is 149 Å². The van der Waals surface area contributed by atoms with E-state index in [4.69, 9.17) is 0 Å². The second kappa shape index (κ2) is 8.78. The molecule has 0 aliphatic heterocycles. The van der Waals surface area contributed by atoms with Gasteiger partial charge in [-0.25, -0.2) is 13.1 Å². The molecule has 0 fully saturated rings. The van der Waals surface area contributed by atoms with E-state index in [1.807, 2.05) is 44.2 Å².